The van der Waals surface area contributed by atoms with E-state index < -0.39 is 12.1 Å². The van der Waals surface area contributed by atoms with Gasteiger partial charge in [0.15, 0.2) is 6.17 Å². The molecule has 0 heterocycles. The molecule has 0 amide bonds. The molecular formula is C27H35FO3. The van der Waals surface area contributed by atoms with E-state index in [1.54, 1.807) is 7.11 Å². The number of ether oxygens (including phenoxy) is 2. The quantitative estimate of drug-likeness (QED) is 0.387. The highest BCUT2D eigenvalue weighted by Gasteiger charge is 2.27. The molecule has 1 fully saturated rings. The Balaban J connectivity index is 1.39. The van der Waals surface area contributed by atoms with Gasteiger partial charge in [-0.1, -0.05) is 56.2 Å². The molecule has 1 aliphatic carbocycles. The lowest BCUT2D eigenvalue weighted by Gasteiger charge is -2.28. The van der Waals surface area contributed by atoms with Crippen molar-refractivity contribution < 1.29 is 18.7 Å². The van der Waals surface area contributed by atoms with E-state index in [0.717, 1.165) is 57.1 Å². The topological polar surface area (TPSA) is 35.5 Å². The van der Waals surface area contributed by atoms with E-state index in [1.165, 1.54) is 16.7 Å². The van der Waals surface area contributed by atoms with E-state index in [9.17, 15) is 9.18 Å². The predicted molar refractivity (Wildman–Crippen MR) is 123 cm³/mol. The Bertz CT molecular complexity index is 792. The summed E-state index contributed by atoms with van der Waals surface area (Å²) >= 11 is 0. The maximum Gasteiger partial charge on any atom is 0.340 e. The molecule has 3 nitrogen and oxygen atoms in total. The molecule has 1 aliphatic rings. The van der Waals surface area contributed by atoms with Crippen LogP contribution in [0.2, 0.25) is 0 Å². The molecule has 31 heavy (non-hydrogen) atoms. The van der Waals surface area contributed by atoms with E-state index >= 15 is 0 Å². The summed E-state index contributed by atoms with van der Waals surface area (Å²) in [7, 11) is 1.68. The van der Waals surface area contributed by atoms with Crippen LogP contribution in [0.5, 0.6) is 5.75 Å². The molecule has 1 saturated carbocycles. The predicted octanol–water partition coefficient (Wildman–Crippen LogP) is 6.93. The smallest absolute Gasteiger partial charge is 0.340 e. The molecule has 2 aromatic carbocycles. The number of aryl methyl sites for hydroxylation is 1. The maximum absolute atomic E-state index is 13.8. The summed E-state index contributed by atoms with van der Waals surface area (Å²) in [5, 5.41) is 0. The van der Waals surface area contributed by atoms with E-state index in [2.05, 4.69) is 36.4 Å². The fourth-order valence-electron chi connectivity index (χ4n) is 4.30. The van der Waals surface area contributed by atoms with Crippen LogP contribution in [-0.2, 0) is 16.0 Å². The summed E-state index contributed by atoms with van der Waals surface area (Å²) in [5.41, 5.74) is 3.74. The largest absolute Gasteiger partial charge is 0.497 e. The van der Waals surface area contributed by atoms with Crippen molar-refractivity contribution >= 4 is 5.97 Å². The van der Waals surface area contributed by atoms with Crippen molar-refractivity contribution in [3.63, 3.8) is 0 Å². The number of halogens is 1. The van der Waals surface area contributed by atoms with Crippen molar-refractivity contribution in [2.45, 2.75) is 77.0 Å². The Morgan fingerprint density at radius 3 is 2.19 bits per heavy atom. The average molecular weight is 427 g/mol. The fourth-order valence-corrected chi connectivity index (χ4v) is 4.30. The summed E-state index contributed by atoms with van der Waals surface area (Å²) in [6.07, 6.45) is 6.34. The minimum Gasteiger partial charge on any atom is -0.497 e. The van der Waals surface area contributed by atoms with Crippen molar-refractivity contribution in [2.75, 3.05) is 7.11 Å². The fraction of sp³-hybridized carbons (Fsp3) is 0.519. The first-order valence-corrected chi connectivity index (χ1v) is 11.7. The number of alkyl halides is 1. The first-order chi connectivity index (χ1) is 15.1. The van der Waals surface area contributed by atoms with Crippen LogP contribution in [0.1, 0.15) is 63.9 Å². The summed E-state index contributed by atoms with van der Waals surface area (Å²) in [4.78, 5) is 11.9. The third-order valence-corrected chi connectivity index (χ3v) is 6.36. The summed E-state index contributed by atoms with van der Waals surface area (Å²) < 4.78 is 24.4. The van der Waals surface area contributed by atoms with Gasteiger partial charge in [0.1, 0.15) is 11.9 Å². The van der Waals surface area contributed by atoms with Gasteiger partial charge in [-0.25, -0.2) is 9.18 Å². The third-order valence-electron chi connectivity index (χ3n) is 6.36. The first kappa shape index (κ1) is 23.3. The second-order valence-electron chi connectivity index (χ2n) is 8.65. The number of benzene rings is 2. The lowest BCUT2D eigenvalue weighted by atomic mass is 9.83. The van der Waals surface area contributed by atoms with Crippen molar-refractivity contribution in [1.82, 2.24) is 0 Å². The Labute approximate surface area is 186 Å². The molecule has 2 aromatic rings. The van der Waals surface area contributed by atoms with Crippen LogP contribution < -0.4 is 4.74 Å². The monoisotopic (exact) mass is 426 g/mol. The Morgan fingerprint density at radius 1 is 1.00 bits per heavy atom. The van der Waals surface area contributed by atoms with Crippen LogP contribution in [0.15, 0.2) is 48.5 Å². The minimum absolute atomic E-state index is 0.104. The van der Waals surface area contributed by atoms with Gasteiger partial charge in [0.2, 0.25) is 0 Å². The molecule has 168 valence electrons. The van der Waals surface area contributed by atoms with Crippen LogP contribution in [0.3, 0.4) is 0 Å². The molecule has 4 heteroatoms. The second-order valence-corrected chi connectivity index (χ2v) is 8.65. The highest BCUT2D eigenvalue weighted by atomic mass is 19.1. The van der Waals surface area contributed by atoms with E-state index in [4.69, 9.17) is 9.47 Å². The lowest BCUT2D eigenvalue weighted by molar-refractivity contribution is -0.157. The van der Waals surface area contributed by atoms with E-state index in [-0.39, 0.29) is 12.5 Å². The second kappa shape index (κ2) is 11.9. The summed E-state index contributed by atoms with van der Waals surface area (Å²) in [6.45, 7) is 1.99. The Hall–Kier alpha value is -2.36. The number of esters is 1. The molecule has 0 saturated heterocycles. The Morgan fingerprint density at radius 2 is 1.61 bits per heavy atom. The summed E-state index contributed by atoms with van der Waals surface area (Å²) in [5.74, 6) is 0.859. The van der Waals surface area contributed by atoms with Gasteiger partial charge in [0.25, 0.3) is 0 Å². The SMILES string of the molecule is CCCC[C@H](F)C(=O)OC1CCC(CCc2ccc(-c3ccc(OC)cc3)cc2)CC1. The standard InChI is InChI=1S/C27H35FO3/c1-3-4-5-26(28)27(29)31-25-16-10-21(11-17-25)7-6-20-8-12-22(13-9-20)23-14-18-24(30-2)19-15-23/h8-9,12-15,18-19,21,25-26H,3-7,10-11,16-17H2,1-2H3/t21?,25?,26-/m0/s1. The van der Waals surface area contributed by atoms with Crippen molar-refractivity contribution in [3.8, 4) is 16.9 Å². The van der Waals surface area contributed by atoms with Gasteiger partial charge >= 0.3 is 5.97 Å². The van der Waals surface area contributed by atoms with Gasteiger partial charge in [-0.2, -0.15) is 0 Å². The van der Waals surface area contributed by atoms with E-state index in [1.807, 2.05) is 19.1 Å². The number of rotatable bonds is 10. The number of carbonyl (C=O) groups excluding carboxylic acids is 1. The molecule has 0 spiro atoms. The molecule has 0 bridgehead atoms. The third kappa shape index (κ3) is 7.09. The van der Waals surface area contributed by atoms with Gasteiger partial charge in [-0.3, -0.25) is 0 Å². The van der Waals surface area contributed by atoms with Crippen LogP contribution >= 0.6 is 0 Å². The molecule has 0 radical (unpaired) electrons. The van der Waals surface area contributed by atoms with Crippen LogP contribution in [0.4, 0.5) is 4.39 Å². The number of carbonyl (C=O) groups is 1. The van der Waals surface area contributed by atoms with Crippen molar-refractivity contribution in [3.05, 3.63) is 54.1 Å². The van der Waals surface area contributed by atoms with Gasteiger partial charge < -0.3 is 9.47 Å². The van der Waals surface area contributed by atoms with Crippen LogP contribution in [-0.4, -0.2) is 25.4 Å². The molecule has 0 aliphatic heterocycles. The van der Waals surface area contributed by atoms with E-state index in [0.29, 0.717) is 5.92 Å². The zero-order valence-electron chi connectivity index (χ0n) is 18.8. The zero-order chi connectivity index (χ0) is 22.1. The molecule has 3 rings (SSSR count). The molecular weight excluding hydrogens is 391 g/mol. The van der Waals surface area contributed by atoms with Crippen molar-refractivity contribution in [2.24, 2.45) is 5.92 Å². The lowest BCUT2D eigenvalue weighted by Crippen LogP contribution is -2.29. The number of hydrogen-bond acceptors (Lipinski definition) is 3. The molecule has 0 aromatic heterocycles. The van der Waals surface area contributed by atoms with Gasteiger partial charge in [-0.15, -0.1) is 0 Å². The maximum atomic E-state index is 13.8. The van der Waals surface area contributed by atoms with Crippen molar-refractivity contribution in [1.29, 1.82) is 0 Å². The summed E-state index contributed by atoms with van der Waals surface area (Å²) in [6, 6.07) is 16.9. The average Bonchev–Trinajstić information content (AvgIpc) is 2.82. The van der Waals surface area contributed by atoms with Gasteiger partial charge in [-0.05, 0) is 79.7 Å². The zero-order valence-corrected chi connectivity index (χ0v) is 18.8. The first-order valence-electron chi connectivity index (χ1n) is 11.7. The highest BCUT2D eigenvalue weighted by Crippen LogP contribution is 2.30. The molecule has 0 N–H and O–H groups in total. The molecule has 1 atom stereocenters. The van der Waals surface area contributed by atoms with Crippen LogP contribution in [0, 0.1) is 5.92 Å². The normalized spacial score (nSPS) is 19.6. The van der Waals surface area contributed by atoms with Gasteiger partial charge in [0, 0.05) is 0 Å². The molecule has 0 unspecified atom stereocenters. The van der Waals surface area contributed by atoms with Crippen LogP contribution in [0.25, 0.3) is 11.1 Å². The van der Waals surface area contributed by atoms with Gasteiger partial charge in [0.05, 0.1) is 7.11 Å². The minimum atomic E-state index is -1.46. The Kier molecular flexibility index (Phi) is 8.93. The number of unbranched alkanes of at least 4 members (excludes halogenated alkanes) is 1. The highest BCUT2D eigenvalue weighted by molar-refractivity contribution is 5.74. The number of hydrogen-bond donors (Lipinski definition) is 0. The number of methoxy groups -OCH3 is 1.